The molecule has 2 heterocycles. The Balaban J connectivity index is 2.02. The Morgan fingerprint density at radius 1 is 1.05 bits per heavy atom. The Hall–Kier alpha value is -1.98. The van der Waals surface area contributed by atoms with Gasteiger partial charge in [0.15, 0.2) is 0 Å². The van der Waals surface area contributed by atoms with Crippen molar-refractivity contribution in [2.24, 2.45) is 0 Å². The van der Waals surface area contributed by atoms with Crippen LogP contribution in [0, 0.1) is 20.8 Å². The molecule has 2 rings (SSSR count). The van der Waals surface area contributed by atoms with Crippen LogP contribution in [0.2, 0.25) is 0 Å². The van der Waals surface area contributed by atoms with Crippen LogP contribution in [0.3, 0.4) is 0 Å². The lowest BCUT2D eigenvalue weighted by molar-refractivity contribution is 0.0568. The highest BCUT2D eigenvalue weighted by Crippen LogP contribution is 2.23. The van der Waals surface area contributed by atoms with Crippen LogP contribution in [0.15, 0.2) is 4.42 Å². The number of aryl methyl sites for hydroxylation is 2. The van der Waals surface area contributed by atoms with Gasteiger partial charge in [0.2, 0.25) is 0 Å². The summed E-state index contributed by atoms with van der Waals surface area (Å²) in [6, 6.07) is 0. The molecule has 0 spiro atoms. The number of hydrogen-bond acceptors (Lipinski definition) is 4. The van der Waals surface area contributed by atoms with Crippen molar-refractivity contribution in [2.75, 3.05) is 32.8 Å². The van der Waals surface area contributed by atoms with E-state index in [1.807, 2.05) is 20.8 Å². The zero-order chi connectivity index (χ0) is 15.6. The van der Waals surface area contributed by atoms with Gasteiger partial charge < -0.3 is 19.0 Å². The molecule has 0 aliphatic carbocycles. The zero-order valence-electron chi connectivity index (χ0n) is 13.1. The van der Waals surface area contributed by atoms with Gasteiger partial charge >= 0.3 is 6.09 Å². The highest BCUT2D eigenvalue weighted by Gasteiger charge is 2.28. The monoisotopic (exact) mass is 294 g/mol. The lowest BCUT2D eigenvalue weighted by atomic mass is 10.1. The molecule has 6 nitrogen and oxygen atoms in total. The van der Waals surface area contributed by atoms with E-state index < -0.39 is 0 Å². The fraction of sp³-hybridized carbons (Fsp3) is 0.600. The van der Waals surface area contributed by atoms with E-state index in [4.69, 9.17) is 9.15 Å². The molecule has 2 amide bonds. The summed E-state index contributed by atoms with van der Waals surface area (Å²) in [5.74, 6) is 1.41. The number of furan rings is 1. The molecule has 116 valence electrons. The van der Waals surface area contributed by atoms with Crippen LogP contribution in [0.4, 0.5) is 4.79 Å². The first kappa shape index (κ1) is 15.4. The Bertz CT molecular complexity index is 542. The molecule has 0 bridgehead atoms. The van der Waals surface area contributed by atoms with E-state index in [2.05, 4.69) is 0 Å². The maximum Gasteiger partial charge on any atom is 0.409 e. The molecule has 1 aromatic heterocycles. The average Bonchev–Trinajstić information content (AvgIpc) is 2.72. The van der Waals surface area contributed by atoms with Crippen LogP contribution < -0.4 is 0 Å². The first-order valence-electron chi connectivity index (χ1n) is 7.23. The summed E-state index contributed by atoms with van der Waals surface area (Å²) in [5, 5.41) is 0. The third-order valence-electron chi connectivity index (χ3n) is 3.87. The van der Waals surface area contributed by atoms with E-state index in [1.54, 1.807) is 16.7 Å². The molecule has 1 fully saturated rings. The summed E-state index contributed by atoms with van der Waals surface area (Å²) in [4.78, 5) is 27.6. The second-order valence-corrected chi connectivity index (χ2v) is 5.19. The number of rotatable bonds is 2. The van der Waals surface area contributed by atoms with Crippen molar-refractivity contribution in [3.63, 3.8) is 0 Å². The standard InChI is InChI=1S/C15H22N2O4/c1-5-20-15(19)17-8-6-16(7-9-17)14(18)13-10(2)11(3)21-12(13)4/h5-9H2,1-4H3. The van der Waals surface area contributed by atoms with Crippen molar-refractivity contribution in [3.8, 4) is 0 Å². The lowest BCUT2D eigenvalue weighted by Gasteiger charge is -2.34. The highest BCUT2D eigenvalue weighted by atomic mass is 16.6. The maximum atomic E-state index is 12.6. The molecular formula is C15H22N2O4. The second-order valence-electron chi connectivity index (χ2n) is 5.19. The van der Waals surface area contributed by atoms with Crippen LogP contribution in [0.25, 0.3) is 0 Å². The number of piperazine rings is 1. The molecule has 1 aliphatic rings. The normalized spacial score (nSPS) is 15.2. The molecule has 0 unspecified atom stereocenters. The maximum absolute atomic E-state index is 12.6. The van der Waals surface area contributed by atoms with Gasteiger partial charge in [0.05, 0.1) is 12.2 Å². The minimum Gasteiger partial charge on any atom is -0.466 e. The topological polar surface area (TPSA) is 63.0 Å². The Kier molecular flexibility index (Phi) is 4.55. The third kappa shape index (κ3) is 3.04. The van der Waals surface area contributed by atoms with Gasteiger partial charge in [-0.1, -0.05) is 0 Å². The van der Waals surface area contributed by atoms with Crippen molar-refractivity contribution in [1.29, 1.82) is 0 Å². The van der Waals surface area contributed by atoms with Gasteiger partial charge in [-0.25, -0.2) is 4.79 Å². The van der Waals surface area contributed by atoms with E-state index in [0.717, 1.165) is 11.3 Å². The predicted octanol–water partition coefficient (Wildman–Crippen LogP) is 2.12. The second kappa shape index (κ2) is 6.20. The van der Waals surface area contributed by atoms with E-state index in [9.17, 15) is 9.59 Å². The molecule has 0 aromatic carbocycles. The fourth-order valence-electron chi connectivity index (χ4n) is 2.57. The van der Waals surface area contributed by atoms with E-state index in [0.29, 0.717) is 44.1 Å². The predicted molar refractivity (Wildman–Crippen MR) is 77.4 cm³/mol. The van der Waals surface area contributed by atoms with E-state index >= 15 is 0 Å². The molecule has 21 heavy (non-hydrogen) atoms. The first-order chi connectivity index (χ1) is 9.95. The molecule has 0 atom stereocenters. The van der Waals surface area contributed by atoms with E-state index in [-0.39, 0.29) is 12.0 Å². The molecule has 6 heteroatoms. The smallest absolute Gasteiger partial charge is 0.409 e. The summed E-state index contributed by atoms with van der Waals surface area (Å²) in [6.45, 7) is 9.74. The lowest BCUT2D eigenvalue weighted by Crippen LogP contribution is -2.50. The third-order valence-corrected chi connectivity index (χ3v) is 3.87. The van der Waals surface area contributed by atoms with Crippen molar-refractivity contribution in [1.82, 2.24) is 9.80 Å². The molecule has 1 saturated heterocycles. The Morgan fingerprint density at radius 2 is 1.62 bits per heavy atom. The van der Waals surface area contributed by atoms with Gasteiger partial charge in [-0.2, -0.15) is 0 Å². The summed E-state index contributed by atoms with van der Waals surface area (Å²) in [5.41, 5.74) is 1.54. The number of ether oxygens (including phenoxy) is 1. The summed E-state index contributed by atoms with van der Waals surface area (Å²) < 4.78 is 10.5. The number of hydrogen-bond donors (Lipinski definition) is 0. The zero-order valence-corrected chi connectivity index (χ0v) is 13.1. The van der Waals surface area contributed by atoms with Crippen LogP contribution in [0.5, 0.6) is 0 Å². The van der Waals surface area contributed by atoms with Crippen LogP contribution >= 0.6 is 0 Å². The molecular weight excluding hydrogens is 272 g/mol. The quantitative estimate of drug-likeness (QED) is 0.838. The molecule has 1 aromatic rings. The SMILES string of the molecule is CCOC(=O)N1CCN(C(=O)c2c(C)oc(C)c2C)CC1. The number of carbonyl (C=O) groups excluding carboxylic acids is 2. The van der Waals surface area contributed by atoms with E-state index in [1.165, 1.54) is 0 Å². The van der Waals surface area contributed by atoms with Gasteiger partial charge in [0, 0.05) is 31.7 Å². The van der Waals surface area contributed by atoms with Gasteiger partial charge in [-0.15, -0.1) is 0 Å². The van der Waals surface area contributed by atoms with Gasteiger partial charge in [0.25, 0.3) is 5.91 Å². The minimum atomic E-state index is -0.309. The van der Waals surface area contributed by atoms with Crippen molar-refractivity contribution >= 4 is 12.0 Å². The van der Waals surface area contributed by atoms with Crippen LogP contribution in [-0.2, 0) is 4.74 Å². The van der Waals surface area contributed by atoms with Crippen LogP contribution in [0.1, 0.15) is 34.4 Å². The minimum absolute atomic E-state index is 0.0228. The fourth-order valence-corrected chi connectivity index (χ4v) is 2.57. The van der Waals surface area contributed by atoms with Crippen LogP contribution in [-0.4, -0.2) is 54.6 Å². The van der Waals surface area contributed by atoms with Gasteiger partial charge in [-0.05, 0) is 27.7 Å². The van der Waals surface area contributed by atoms with Crippen molar-refractivity contribution < 1.29 is 18.7 Å². The number of nitrogens with zero attached hydrogens (tertiary/aromatic N) is 2. The Morgan fingerprint density at radius 3 is 2.10 bits per heavy atom. The van der Waals surface area contributed by atoms with Crippen molar-refractivity contribution in [3.05, 3.63) is 22.6 Å². The van der Waals surface area contributed by atoms with Gasteiger partial charge in [0.1, 0.15) is 11.5 Å². The Labute approximate surface area is 124 Å². The first-order valence-corrected chi connectivity index (χ1v) is 7.23. The summed E-state index contributed by atoms with van der Waals surface area (Å²) in [7, 11) is 0. The average molecular weight is 294 g/mol. The molecule has 0 N–H and O–H groups in total. The molecule has 0 radical (unpaired) electrons. The largest absolute Gasteiger partial charge is 0.466 e. The summed E-state index contributed by atoms with van der Waals surface area (Å²) in [6.07, 6.45) is -0.309. The molecule has 1 aliphatic heterocycles. The number of carbonyl (C=O) groups is 2. The summed E-state index contributed by atoms with van der Waals surface area (Å²) >= 11 is 0. The van der Waals surface area contributed by atoms with Crippen molar-refractivity contribution in [2.45, 2.75) is 27.7 Å². The van der Waals surface area contributed by atoms with Gasteiger partial charge in [-0.3, -0.25) is 4.79 Å². The number of amides is 2. The highest BCUT2D eigenvalue weighted by molar-refractivity contribution is 5.97. The molecule has 0 saturated carbocycles.